The van der Waals surface area contributed by atoms with E-state index < -0.39 is 5.82 Å². The van der Waals surface area contributed by atoms with Gasteiger partial charge in [0.25, 0.3) is 11.8 Å². The van der Waals surface area contributed by atoms with Gasteiger partial charge in [0.2, 0.25) is 0 Å². The van der Waals surface area contributed by atoms with Crippen LogP contribution in [-0.2, 0) is 0 Å². The number of amides is 2. The van der Waals surface area contributed by atoms with Gasteiger partial charge in [-0.2, -0.15) is 5.10 Å². The Morgan fingerprint density at radius 1 is 0.971 bits per heavy atom. The highest BCUT2D eigenvalue weighted by molar-refractivity contribution is 6.31. The zero-order valence-corrected chi connectivity index (χ0v) is 20.0. The van der Waals surface area contributed by atoms with Crippen LogP contribution >= 0.6 is 11.6 Å². The third-order valence-electron chi connectivity index (χ3n) is 7.27. The van der Waals surface area contributed by atoms with E-state index >= 15 is 0 Å². The number of nitrogens with zero attached hydrogens (tertiary/aromatic N) is 4. The lowest BCUT2D eigenvalue weighted by Crippen LogP contribution is -2.38. The maximum Gasteiger partial charge on any atom is 0.257 e. The van der Waals surface area contributed by atoms with Crippen molar-refractivity contribution in [2.75, 3.05) is 26.2 Å². The van der Waals surface area contributed by atoms with E-state index in [9.17, 15) is 14.0 Å². The molecule has 34 heavy (non-hydrogen) atoms. The summed E-state index contributed by atoms with van der Waals surface area (Å²) in [6, 6.07) is 8.23. The Labute approximate surface area is 203 Å². The first-order valence-corrected chi connectivity index (χ1v) is 12.3. The molecule has 5 rings (SSSR count). The van der Waals surface area contributed by atoms with Gasteiger partial charge in [-0.05, 0) is 73.4 Å². The molecule has 0 aliphatic carbocycles. The van der Waals surface area contributed by atoms with Crippen molar-refractivity contribution < 1.29 is 14.0 Å². The van der Waals surface area contributed by atoms with Crippen LogP contribution in [0.25, 0.3) is 5.52 Å². The van der Waals surface area contributed by atoms with E-state index in [2.05, 4.69) is 24.2 Å². The number of piperidine rings is 2. The van der Waals surface area contributed by atoms with Crippen LogP contribution in [0, 0.1) is 11.7 Å². The van der Waals surface area contributed by atoms with E-state index in [1.807, 2.05) is 11.1 Å². The largest absolute Gasteiger partial charge is 0.339 e. The summed E-state index contributed by atoms with van der Waals surface area (Å²) < 4.78 is 15.2. The Kier molecular flexibility index (Phi) is 6.30. The van der Waals surface area contributed by atoms with Crippen LogP contribution in [0.1, 0.15) is 64.8 Å². The molecule has 6 nitrogen and oxygen atoms in total. The lowest BCUT2D eigenvalue weighted by molar-refractivity contribution is 0.0695. The first-order chi connectivity index (χ1) is 16.4. The average Bonchev–Trinajstić information content (AvgIpc) is 3.29. The van der Waals surface area contributed by atoms with Crippen molar-refractivity contribution in [3.05, 3.63) is 70.3 Å². The molecule has 3 aromatic rings. The molecule has 178 valence electrons. The summed E-state index contributed by atoms with van der Waals surface area (Å²) in [6.07, 6.45) is 7.30. The van der Waals surface area contributed by atoms with E-state index in [4.69, 9.17) is 11.6 Å². The Balaban J connectivity index is 1.29. The summed E-state index contributed by atoms with van der Waals surface area (Å²) in [5, 5.41) is 4.35. The van der Waals surface area contributed by atoms with E-state index in [1.54, 1.807) is 15.6 Å². The molecular weight excluding hydrogens is 455 g/mol. The fourth-order valence-electron chi connectivity index (χ4n) is 5.03. The molecule has 2 aliphatic rings. The van der Waals surface area contributed by atoms with Crippen molar-refractivity contribution in [2.24, 2.45) is 5.92 Å². The highest BCUT2D eigenvalue weighted by Gasteiger charge is 2.27. The highest BCUT2D eigenvalue weighted by atomic mass is 35.5. The molecule has 0 N–H and O–H groups in total. The van der Waals surface area contributed by atoms with E-state index in [-0.39, 0.29) is 16.8 Å². The minimum atomic E-state index is -0.528. The fraction of sp³-hybridized carbons (Fsp3) is 0.423. The number of hydrogen-bond donors (Lipinski definition) is 0. The van der Waals surface area contributed by atoms with Crippen LogP contribution in [0.4, 0.5) is 4.39 Å². The normalized spacial score (nSPS) is 18.0. The quantitative estimate of drug-likeness (QED) is 0.526. The third kappa shape index (κ3) is 4.41. The van der Waals surface area contributed by atoms with Gasteiger partial charge in [0.1, 0.15) is 5.82 Å². The molecule has 2 saturated heterocycles. The molecule has 0 saturated carbocycles. The summed E-state index contributed by atoms with van der Waals surface area (Å²) in [6.45, 7) is 5.05. The number of carbonyl (C=O) groups is 2. The highest BCUT2D eigenvalue weighted by Crippen LogP contribution is 2.31. The number of halogens is 2. The molecule has 2 amide bonds. The topological polar surface area (TPSA) is 57.9 Å². The fourth-order valence-corrected chi connectivity index (χ4v) is 5.21. The Morgan fingerprint density at radius 2 is 1.65 bits per heavy atom. The van der Waals surface area contributed by atoms with Gasteiger partial charge in [0.15, 0.2) is 0 Å². The first-order valence-electron chi connectivity index (χ1n) is 11.9. The number of aromatic nitrogens is 2. The van der Waals surface area contributed by atoms with Crippen molar-refractivity contribution in [1.29, 1.82) is 0 Å². The second kappa shape index (κ2) is 9.37. The number of rotatable bonds is 3. The van der Waals surface area contributed by atoms with Crippen molar-refractivity contribution in [3.63, 3.8) is 0 Å². The molecule has 8 heteroatoms. The monoisotopic (exact) mass is 482 g/mol. The van der Waals surface area contributed by atoms with Crippen LogP contribution in [0.3, 0.4) is 0 Å². The molecule has 1 aromatic carbocycles. The predicted octanol–water partition coefficient (Wildman–Crippen LogP) is 5.02. The zero-order valence-electron chi connectivity index (χ0n) is 19.2. The third-order valence-corrected chi connectivity index (χ3v) is 7.56. The number of hydrogen-bond acceptors (Lipinski definition) is 3. The van der Waals surface area contributed by atoms with Gasteiger partial charge in [-0.3, -0.25) is 9.59 Å². The maximum atomic E-state index is 13.4. The molecule has 0 spiro atoms. The summed E-state index contributed by atoms with van der Waals surface area (Å²) in [5.41, 5.74) is 3.05. The number of fused-ring (bicyclic) bond motifs is 1. The first kappa shape index (κ1) is 22.8. The van der Waals surface area contributed by atoms with Gasteiger partial charge in [0.05, 0.1) is 22.3 Å². The SMILES string of the molecule is CC1CCN(C(=O)c2cnn3ccc(C4CCN(C(=O)c5ccc(F)c(Cl)c5)CC4)cc23)CC1. The van der Waals surface area contributed by atoms with E-state index in [1.165, 1.54) is 18.2 Å². The average molecular weight is 483 g/mol. The molecule has 0 bridgehead atoms. The Bertz CT molecular complexity index is 1230. The van der Waals surface area contributed by atoms with E-state index in [0.29, 0.717) is 36.1 Å². The van der Waals surface area contributed by atoms with Crippen molar-refractivity contribution in [1.82, 2.24) is 19.4 Å². The minimum absolute atomic E-state index is 0.0423. The van der Waals surface area contributed by atoms with Crippen LogP contribution in [0.2, 0.25) is 5.02 Å². The Hall–Kier alpha value is -2.93. The molecule has 2 aliphatic heterocycles. The molecule has 2 fully saturated rings. The van der Waals surface area contributed by atoms with Crippen LogP contribution in [0.15, 0.2) is 42.7 Å². The summed E-state index contributed by atoms with van der Waals surface area (Å²) in [5.74, 6) is 0.351. The predicted molar refractivity (Wildman–Crippen MR) is 129 cm³/mol. The van der Waals surface area contributed by atoms with Gasteiger partial charge >= 0.3 is 0 Å². The molecule has 0 unspecified atom stereocenters. The van der Waals surface area contributed by atoms with Crippen LogP contribution in [0.5, 0.6) is 0 Å². The van der Waals surface area contributed by atoms with Crippen LogP contribution in [-0.4, -0.2) is 57.4 Å². The molecular formula is C26H28ClFN4O2. The molecule has 0 atom stereocenters. The van der Waals surface area contributed by atoms with Crippen LogP contribution < -0.4 is 0 Å². The van der Waals surface area contributed by atoms with Gasteiger partial charge in [-0.1, -0.05) is 18.5 Å². The van der Waals surface area contributed by atoms with Gasteiger partial charge < -0.3 is 9.80 Å². The van der Waals surface area contributed by atoms with Gasteiger partial charge in [-0.25, -0.2) is 8.91 Å². The minimum Gasteiger partial charge on any atom is -0.339 e. The lowest BCUT2D eigenvalue weighted by Gasteiger charge is -2.32. The second-order valence-corrected chi connectivity index (χ2v) is 9.93. The van der Waals surface area contributed by atoms with Gasteiger partial charge in [-0.15, -0.1) is 0 Å². The number of benzene rings is 1. The lowest BCUT2D eigenvalue weighted by atomic mass is 9.89. The number of carbonyl (C=O) groups excluding carboxylic acids is 2. The smallest absolute Gasteiger partial charge is 0.257 e. The maximum absolute atomic E-state index is 13.4. The number of pyridine rings is 1. The molecule has 2 aromatic heterocycles. The molecule has 0 radical (unpaired) electrons. The summed E-state index contributed by atoms with van der Waals surface area (Å²) >= 11 is 5.85. The van der Waals surface area contributed by atoms with E-state index in [0.717, 1.165) is 49.9 Å². The van der Waals surface area contributed by atoms with Gasteiger partial charge in [0, 0.05) is 37.9 Å². The summed E-state index contributed by atoms with van der Waals surface area (Å²) in [7, 11) is 0. The second-order valence-electron chi connectivity index (χ2n) is 9.52. The zero-order chi connectivity index (χ0) is 23.8. The van der Waals surface area contributed by atoms with Crippen molar-refractivity contribution in [2.45, 2.75) is 38.5 Å². The number of likely N-dealkylation sites (tertiary alicyclic amines) is 2. The van der Waals surface area contributed by atoms with Crippen molar-refractivity contribution >= 4 is 28.9 Å². The van der Waals surface area contributed by atoms with Crippen molar-refractivity contribution in [3.8, 4) is 0 Å². The Morgan fingerprint density at radius 3 is 2.35 bits per heavy atom. The molecule has 4 heterocycles. The summed E-state index contributed by atoms with van der Waals surface area (Å²) in [4.78, 5) is 29.7. The standard InChI is InChI=1S/C26H28ClFN4O2/c1-17-4-9-31(10-5-17)26(34)21-16-29-32-13-8-19(15-24(21)32)18-6-11-30(12-7-18)25(33)20-2-3-23(28)22(27)14-20/h2-3,8,13-18H,4-7,9-12H2,1H3.